The molecule has 2 heterocycles. The molecule has 1 aliphatic rings. The molecule has 0 saturated heterocycles. The van der Waals surface area contributed by atoms with E-state index in [4.69, 9.17) is 4.52 Å². The molecule has 3 aromatic carbocycles. The lowest BCUT2D eigenvalue weighted by molar-refractivity contribution is 0.102. The summed E-state index contributed by atoms with van der Waals surface area (Å²) < 4.78 is 5.18. The number of rotatable bonds is 5. The summed E-state index contributed by atoms with van der Waals surface area (Å²) in [5.41, 5.74) is 5.92. The Labute approximate surface area is 180 Å². The van der Waals surface area contributed by atoms with Crippen molar-refractivity contribution in [3.05, 3.63) is 95.3 Å². The van der Waals surface area contributed by atoms with E-state index in [1.54, 1.807) is 19.1 Å². The van der Waals surface area contributed by atoms with Crippen molar-refractivity contribution in [1.82, 2.24) is 10.1 Å². The second-order valence-corrected chi connectivity index (χ2v) is 7.64. The summed E-state index contributed by atoms with van der Waals surface area (Å²) in [7, 11) is 0. The number of benzene rings is 3. The lowest BCUT2D eigenvalue weighted by Crippen LogP contribution is -2.21. The van der Waals surface area contributed by atoms with Crippen LogP contribution in [0.2, 0.25) is 0 Å². The van der Waals surface area contributed by atoms with Gasteiger partial charge < -0.3 is 14.7 Å². The van der Waals surface area contributed by atoms with Gasteiger partial charge >= 0.3 is 0 Å². The van der Waals surface area contributed by atoms with Crippen molar-refractivity contribution < 1.29 is 9.32 Å². The van der Waals surface area contributed by atoms with E-state index >= 15 is 0 Å². The van der Waals surface area contributed by atoms with Crippen LogP contribution in [0, 0.1) is 6.92 Å². The van der Waals surface area contributed by atoms with E-state index in [0.717, 1.165) is 36.3 Å². The number of nitrogens with zero attached hydrogens (tertiary/aromatic N) is 3. The van der Waals surface area contributed by atoms with Crippen LogP contribution in [0.5, 0.6) is 0 Å². The highest BCUT2D eigenvalue weighted by Crippen LogP contribution is 2.30. The standard InChI is InChI=1S/C25H22N4O2/c1-17-26-25(31-28-17)20-12-10-19(11-13-20)24(30)27-22-8-4-2-7-21(22)16-29-15-14-18-6-3-5-9-23(18)29/h2-13H,14-16H2,1H3,(H,27,30). The molecule has 0 fully saturated rings. The van der Waals surface area contributed by atoms with Gasteiger partial charge in [-0.05, 0) is 60.9 Å². The van der Waals surface area contributed by atoms with Gasteiger partial charge in [0.2, 0.25) is 0 Å². The summed E-state index contributed by atoms with van der Waals surface area (Å²) in [6, 6.07) is 23.6. The lowest BCUT2D eigenvalue weighted by atomic mass is 10.1. The maximum Gasteiger partial charge on any atom is 0.257 e. The summed E-state index contributed by atoms with van der Waals surface area (Å²) in [6.45, 7) is 3.51. The molecule has 6 heteroatoms. The predicted octanol–water partition coefficient (Wildman–Crippen LogP) is 4.86. The molecular weight excluding hydrogens is 388 g/mol. The molecular formula is C25H22N4O2. The molecule has 1 aliphatic heterocycles. The number of anilines is 2. The van der Waals surface area contributed by atoms with Crippen LogP contribution < -0.4 is 10.2 Å². The fourth-order valence-electron chi connectivity index (χ4n) is 3.93. The molecule has 154 valence electrons. The number of nitrogens with one attached hydrogen (secondary N) is 1. The minimum absolute atomic E-state index is 0.150. The molecule has 0 bridgehead atoms. The van der Waals surface area contributed by atoms with Crippen LogP contribution in [0.1, 0.15) is 27.3 Å². The Morgan fingerprint density at radius 3 is 2.61 bits per heavy atom. The van der Waals surface area contributed by atoms with Crippen LogP contribution in [0.25, 0.3) is 11.5 Å². The summed E-state index contributed by atoms with van der Waals surface area (Å²) in [5.74, 6) is 0.872. The molecule has 31 heavy (non-hydrogen) atoms. The molecule has 0 aliphatic carbocycles. The van der Waals surface area contributed by atoms with Crippen molar-refractivity contribution in [3.63, 3.8) is 0 Å². The van der Waals surface area contributed by atoms with Gasteiger partial charge in [-0.2, -0.15) is 4.98 Å². The van der Waals surface area contributed by atoms with E-state index in [2.05, 4.69) is 50.7 Å². The van der Waals surface area contributed by atoms with Crippen molar-refractivity contribution in [2.75, 3.05) is 16.8 Å². The van der Waals surface area contributed by atoms with E-state index in [9.17, 15) is 4.79 Å². The molecule has 0 atom stereocenters. The molecule has 0 unspecified atom stereocenters. The minimum atomic E-state index is -0.150. The average Bonchev–Trinajstić information content (AvgIpc) is 3.42. The number of hydrogen-bond donors (Lipinski definition) is 1. The molecule has 6 nitrogen and oxygen atoms in total. The zero-order chi connectivity index (χ0) is 21.2. The minimum Gasteiger partial charge on any atom is -0.367 e. The highest BCUT2D eigenvalue weighted by molar-refractivity contribution is 6.04. The Morgan fingerprint density at radius 1 is 1.03 bits per heavy atom. The zero-order valence-corrected chi connectivity index (χ0v) is 17.2. The van der Waals surface area contributed by atoms with Crippen molar-refractivity contribution >= 4 is 17.3 Å². The molecule has 1 N–H and O–H groups in total. The van der Waals surface area contributed by atoms with E-state index in [0.29, 0.717) is 17.3 Å². The van der Waals surface area contributed by atoms with E-state index < -0.39 is 0 Å². The second kappa shape index (κ2) is 8.07. The smallest absolute Gasteiger partial charge is 0.257 e. The third kappa shape index (κ3) is 3.92. The monoisotopic (exact) mass is 410 g/mol. The van der Waals surface area contributed by atoms with Gasteiger partial charge in [0.15, 0.2) is 5.82 Å². The lowest BCUT2D eigenvalue weighted by Gasteiger charge is -2.21. The molecule has 0 saturated carbocycles. The van der Waals surface area contributed by atoms with E-state index in [-0.39, 0.29) is 5.91 Å². The van der Waals surface area contributed by atoms with Crippen LogP contribution >= 0.6 is 0 Å². The average molecular weight is 410 g/mol. The molecule has 1 amide bonds. The summed E-state index contributed by atoms with van der Waals surface area (Å²) in [4.78, 5) is 19.5. The SMILES string of the molecule is Cc1noc(-c2ccc(C(=O)Nc3ccccc3CN3CCc4ccccc43)cc2)n1. The number of carbonyl (C=O) groups excluding carboxylic acids is 1. The third-order valence-corrected chi connectivity index (χ3v) is 5.53. The van der Waals surface area contributed by atoms with Gasteiger partial charge in [0.05, 0.1) is 0 Å². The maximum absolute atomic E-state index is 12.9. The second-order valence-electron chi connectivity index (χ2n) is 7.64. The molecule has 4 aromatic rings. The highest BCUT2D eigenvalue weighted by Gasteiger charge is 2.20. The number of aromatic nitrogens is 2. The van der Waals surface area contributed by atoms with E-state index in [1.165, 1.54) is 11.3 Å². The van der Waals surface area contributed by atoms with Crippen molar-refractivity contribution in [2.45, 2.75) is 19.9 Å². The van der Waals surface area contributed by atoms with Gasteiger partial charge in [-0.3, -0.25) is 4.79 Å². The summed E-state index contributed by atoms with van der Waals surface area (Å²) in [5, 5.41) is 6.87. The summed E-state index contributed by atoms with van der Waals surface area (Å²) in [6.07, 6.45) is 1.05. The van der Waals surface area contributed by atoms with Crippen LogP contribution in [-0.2, 0) is 13.0 Å². The number of para-hydroxylation sites is 2. The van der Waals surface area contributed by atoms with Gasteiger partial charge in [0.1, 0.15) is 0 Å². The fraction of sp³-hybridized carbons (Fsp3) is 0.160. The Balaban J connectivity index is 1.32. The van der Waals surface area contributed by atoms with Crippen molar-refractivity contribution in [1.29, 1.82) is 0 Å². The van der Waals surface area contributed by atoms with Gasteiger partial charge in [-0.25, -0.2) is 0 Å². The first kappa shape index (κ1) is 19.1. The van der Waals surface area contributed by atoms with Crippen molar-refractivity contribution in [2.24, 2.45) is 0 Å². The van der Waals surface area contributed by atoms with Crippen molar-refractivity contribution in [3.8, 4) is 11.5 Å². The van der Waals surface area contributed by atoms with Crippen LogP contribution in [0.4, 0.5) is 11.4 Å². The van der Waals surface area contributed by atoms with Crippen LogP contribution in [-0.4, -0.2) is 22.6 Å². The number of hydrogen-bond acceptors (Lipinski definition) is 5. The molecule has 5 rings (SSSR count). The zero-order valence-electron chi connectivity index (χ0n) is 17.2. The number of amides is 1. The number of aryl methyl sites for hydroxylation is 1. The van der Waals surface area contributed by atoms with Gasteiger partial charge in [-0.1, -0.05) is 41.6 Å². The Morgan fingerprint density at radius 2 is 1.81 bits per heavy atom. The predicted molar refractivity (Wildman–Crippen MR) is 120 cm³/mol. The first-order chi connectivity index (χ1) is 15.2. The fourth-order valence-corrected chi connectivity index (χ4v) is 3.93. The van der Waals surface area contributed by atoms with Gasteiger partial charge in [-0.15, -0.1) is 0 Å². The quantitative estimate of drug-likeness (QED) is 0.509. The first-order valence-corrected chi connectivity index (χ1v) is 10.3. The first-order valence-electron chi connectivity index (χ1n) is 10.3. The molecule has 0 radical (unpaired) electrons. The Bertz CT molecular complexity index is 1230. The Kier molecular flexibility index (Phi) is 4.96. The third-order valence-electron chi connectivity index (χ3n) is 5.53. The topological polar surface area (TPSA) is 71.3 Å². The number of carbonyl (C=O) groups is 1. The van der Waals surface area contributed by atoms with Gasteiger partial charge in [0.25, 0.3) is 11.8 Å². The molecule has 1 aromatic heterocycles. The molecule has 0 spiro atoms. The number of fused-ring (bicyclic) bond motifs is 1. The maximum atomic E-state index is 12.9. The Hall–Kier alpha value is -3.93. The summed E-state index contributed by atoms with van der Waals surface area (Å²) >= 11 is 0. The highest BCUT2D eigenvalue weighted by atomic mass is 16.5. The largest absolute Gasteiger partial charge is 0.367 e. The normalized spacial score (nSPS) is 12.6. The van der Waals surface area contributed by atoms with Crippen LogP contribution in [0.15, 0.2) is 77.3 Å². The van der Waals surface area contributed by atoms with Crippen LogP contribution in [0.3, 0.4) is 0 Å². The van der Waals surface area contributed by atoms with Gasteiger partial charge in [0, 0.05) is 35.6 Å². The van der Waals surface area contributed by atoms with E-state index in [1.807, 2.05) is 30.3 Å².